The highest BCUT2D eigenvalue weighted by molar-refractivity contribution is 6.22. The van der Waals surface area contributed by atoms with Crippen LogP contribution in [0, 0.1) is 6.92 Å². The summed E-state index contributed by atoms with van der Waals surface area (Å²) in [6.07, 6.45) is 1.43. The third kappa shape index (κ3) is 4.28. The quantitative estimate of drug-likeness (QED) is 0.598. The molecule has 4 unspecified atom stereocenters. The van der Waals surface area contributed by atoms with E-state index >= 15 is 0 Å². The van der Waals surface area contributed by atoms with Crippen LogP contribution in [0.25, 0.3) is 0 Å². The second-order valence-electron chi connectivity index (χ2n) is 9.84. The van der Waals surface area contributed by atoms with Gasteiger partial charge in [0, 0.05) is 19.6 Å². The highest BCUT2D eigenvalue weighted by atomic mass is 16.5. The maximum atomic E-state index is 14.5. The fourth-order valence-corrected chi connectivity index (χ4v) is 5.64. The molecule has 2 fully saturated rings. The van der Waals surface area contributed by atoms with Crippen LogP contribution in [0.2, 0.25) is 0 Å². The van der Waals surface area contributed by atoms with Crippen molar-refractivity contribution in [2.24, 2.45) is 0 Å². The Kier molecular flexibility index (Phi) is 6.47. The van der Waals surface area contributed by atoms with E-state index in [9.17, 15) is 14.4 Å². The molecular formula is C28H32N2O5. The van der Waals surface area contributed by atoms with Gasteiger partial charge in [-0.05, 0) is 51.3 Å². The van der Waals surface area contributed by atoms with Gasteiger partial charge in [-0.2, -0.15) is 0 Å². The van der Waals surface area contributed by atoms with Crippen LogP contribution < -0.4 is 0 Å². The van der Waals surface area contributed by atoms with Gasteiger partial charge in [0.25, 0.3) is 11.8 Å². The molecule has 2 aromatic carbocycles. The Bertz CT molecular complexity index is 1080. The molecular weight excluding hydrogens is 444 g/mol. The zero-order valence-corrected chi connectivity index (χ0v) is 20.5. The number of fused-ring (bicyclic) bond motifs is 1. The highest BCUT2D eigenvalue weighted by Crippen LogP contribution is 2.32. The molecule has 0 N–H and O–H groups in total. The molecule has 0 saturated carbocycles. The predicted molar refractivity (Wildman–Crippen MR) is 130 cm³/mol. The summed E-state index contributed by atoms with van der Waals surface area (Å²) in [5, 5.41) is 0. The van der Waals surface area contributed by atoms with Crippen molar-refractivity contribution in [3.05, 3.63) is 70.8 Å². The normalized spacial score (nSPS) is 26.8. The van der Waals surface area contributed by atoms with E-state index in [1.165, 1.54) is 4.90 Å². The number of hydrogen-bond donors (Lipinski definition) is 0. The molecule has 5 rings (SSSR count). The summed E-state index contributed by atoms with van der Waals surface area (Å²) < 4.78 is 11.7. The number of amides is 3. The maximum Gasteiger partial charge on any atom is 0.262 e. The minimum Gasteiger partial charge on any atom is -0.376 e. The Hall–Kier alpha value is -3.03. The summed E-state index contributed by atoms with van der Waals surface area (Å²) in [4.78, 5) is 44.5. The van der Waals surface area contributed by atoms with Crippen molar-refractivity contribution in [3.63, 3.8) is 0 Å². The summed E-state index contributed by atoms with van der Waals surface area (Å²) in [5.74, 6) is -1.05. The molecule has 2 aromatic rings. The molecule has 35 heavy (non-hydrogen) atoms. The van der Waals surface area contributed by atoms with Gasteiger partial charge in [-0.15, -0.1) is 0 Å². The number of imide groups is 1. The van der Waals surface area contributed by atoms with Crippen LogP contribution in [0.1, 0.15) is 58.5 Å². The third-order valence-corrected chi connectivity index (χ3v) is 7.61. The molecule has 0 aliphatic carbocycles. The lowest BCUT2D eigenvalue weighted by atomic mass is 9.97. The van der Waals surface area contributed by atoms with Gasteiger partial charge in [0.05, 0.1) is 35.4 Å². The van der Waals surface area contributed by atoms with E-state index in [4.69, 9.17) is 9.47 Å². The van der Waals surface area contributed by atoms with Crippen LogP contribution in [-0.2, 0) is 20.7 Å². The van der Waals surface area contributed by atoms with Crippen LogP contribution in [0.15, 0.2) is 48.5 Å². The van der Waals surface area contributed by atoms with E-state index in [0.29, 0.717) is 24.3 Å². The van der Waals surface area contributed by atoms with E-state index in [2.05, 4.69) is 0 Å². The number of aryl methyl sites for hydroxylation is 1. The fraction of sp³-hybridized carbons (Fsp3) is 0.464. The van der Waals surface area contributed by atoms with Crippen LogP contribution in [-0.4, -0.2) is 71.1 Å². The molecule has 0 spiro atoms. The molecule has 0 aromatic heterocycles. The first-order valence-corrected chi connectivity index (χ1v) is 12.4. The Labute approximate surface area is 206 Å². The topological polar surface area (TPSA) is 76.2 Å². The molecule has 3 heterocycles. The van der Waals surface area contributed by atoms with Crippen molar-refractivity contribution in [2.75, 3.05) is 13.2 Å². The summed E-state index contributed by atoms with van der Waals surface area (Å²) in [6, 6.07) is 13.5. The smallest absolute Gasteiger partial charge is 0.262 e. The third-order valence-electron chi connectivity index (χ3n) is 7.61. The predicted octanol–water partition coefficient (Wildman–Crippen LogP) is 3.39. The summed E-state index contributed by atoms with van der Waals surface area (Å²) >= 11 is 0. The van der Waals surface area contributed by atoms with E-state index < -0.39 is 17.9 Å². The minimum atomic E-state index is -0.953. The molecule has 7 heteroatoms. The van der Waals surface area contributed by atoms with Crippen LogP contribution in [0.5, 0.6) is 0 Å². The van der Waals surface area contributed by atoms with Crippen LogP contribution in [0.4, 0.5) is 0 Å². The molecule has 3 aliphatic heterocycles. The number of ether oxygens (including phenoxy) is 2. The lowest BCUT2D eigenvalue weighted by Crippen LogP contribution is -2.59. The standard InChI is InChI=1S/C28H32N2O5/c1-17-8-10-20(11-9-17)16-25(30-26(31)21-6-4-5-7-22(21)27(30)32)28(33)29(23-12-14-34-18(23)2)24-13-15-35-19(24)3/h4-11,18-19,23-25H,12-16H2,1-3H3/t18?,19?,23?,24?,25-/m1/s1. The van der Waals surface area contributed by atoms with Crippen molar-refractivity contribution >= 4 is 17.7 Å². The van der Waals surface area contributed by atoms with Crippen molar-refractivity contribution in [1.82, 2.24) is 9.80 Å². The molecule has 7 nitrogen and oxygen atoms in total. The van der Waals surface area contributed by atoms with Gasteiger partial charge in [0.15, 0.2) is 0 Å². The number of nitrogens with zero attached hydrogens (tertiary/aromatic N) is 2. The average molecular weight is 477 g/mol. The lowest BCUT2D eigenvalue weighted by Gasteiger charge is -2.40. The van der Waals surface area contributed by atoms with Gasteiger partial charge in [0.1, 0.15) is 6.04 Å². The fourth-order valence-electron chi connectivity index (χ4n) is 5.64. The zero-order valence-electron chi connectivity index (χ0n) is 20.5. The van der Waals surface area contributed by atoms with Crippen LogP contribution >= 0.6 is 0 Å². The molecule has 3 amide bonds. The second kappa shape index (κ2) is 9.55. The number of hydrogen-bond acceptors (Lipinski definition) is 5. The van der Waals surface area contributed by atoms with E-state index in [-0.39, 0.29) is 36.6 Å². The largest absolute Gasteiger partial charge is 0.376 e. The van der Waals surface area contributed by atoms with E-state index in [1.807, 2.05) is 49.9 Å². The Balaban J connectivity index is 1.56. The van der Waals surface area contributed by atoms with Gasteiger partial charge in [-0.1, -0.05) is 42.0 Å². The Morgan fingerprint density at radius 2 is 1.43 bits per heavy atom. The number of rotatable bonds is 6. The van der Waals surface area contributed by atoms with Gasteiger partial charge in [-0.25, -0.2) is 0 Å². The van der Waals surface area contributed by atoms with Gasteiger partial charge in [-0.3, -0.25) is 19.3 Å². The van der Waals surface area contributed by atoms with Gasteiger partial charge < -0.3 is 14.4 Å². The van der Waals surface area contributed by atoms with Gasteiger partial charge >= 0.3 is 0 Å². The molecule has 184 valence electrons. The maximum absolute atomic E-state index is 14.5. The number of carbonyl (C=O) groups excluding carboxylic acids is 3. The SMILES string of the molecule is Cc1ccc(C[C@H](C(=O)N(C2CCOC2C)C2CCOC2C)N2C(=O)c3ccccc3C2=O)cc1. The first-order valence-electron chi connectivity index (χ1n) is 12.4. The first kappa shape index (κ1) is 23.7. The van der Waals surface area contributed by atoms with Crippen LogP contribution in [0.3, 0.4) is 0 Å². The first-order chi connectivity index (χ1) is 16.9. The van der Waals surface area contributed by atoms with E-state index in [1.54, 1.807) is 24.3 Å². The summed E-state index contributed by atoms with van der Waals surface area (Å²) in [7, 11) is 0. The average Bonchev–Trinajstić information content (AvgIpc) is 3.54. The molecule has 0 bridgehead atoms. The molecule has 2 saturated heterocycles. The Morgan fingerprint density at radius 3 is 1.89 bits per heavy atom. The monoisotopic (exact) mass is 476 g/mol. The van der Waals surface area contributed by atoms with Gasteiger partial charge in [0.2, 0.25) is 5.91 Å². The zero-order chi connectivity index (χ0) is 24.7. The van der Waals surface area contributed by atoms with Crippen molar-refractivity contribution in [1.29, 1.82) is 0 Å². The van der Waals surface area contributed by atoms with Crippen molar-refractivity contribution in [3.8, 4) is 0 Å². The second-order valence-corrected chi connectivity index (χ2v) is 9.84. The molecule has 0 radical (unpaired) electrons. The molecule has 5 atom stereocenters. The summed E-state index contributed by atoms with van der Waals surface area (Å²) in [5.41, 5.74) is 2.70. The lowest BCUT2D eigenvalue weighted by molar-refractivity contribution is -0.143. The van der Waals surface area contributed by atoms with E-state index in [0.717, 1.165) is 24.0 Å². The number of benzene rings is 2. The highest BCUT2D eigenvalue weighted by Gasteiger charge is 2.48. The van der Waals surface area contributed by atoms with Crippen molar-refractivity contribution in [2.45, 2.75) is 70.4 Å². The Morgan fingerprint density at radius 1 is 0.914 bits per heavy atom. The molecule has 3 aliphatic rings. The van der Waals surface area contributed by atoms with Crippen molar-refractivity contribution < 1.29 is 23.9 Å². The minimum absolute atomic E-state index is 0.131. The summed E-state index contributed by atoms with van der Waals surface area (Å²) in [6.45, 7) is 7.12. The number of carbonyl (C=O) groups is 3.